The Morgan fingerprint density at radius 2 is 2.10 bits per heavy atom. The van der Waals surface area contributed by atoms with Crippen molar-refractivity contribution >= 4 is 11.8 Å². The second kappa shape index (κ2) is 6.08. The van der Waals surface area contributed by atoms with Gasteiger partial charge < -0.3 is 9.84 Å². The lowest BCUT2D eigenvalue weighted by Gasteiger charge is -2.46. The van der Waals surface area contributed by atoms with Gasteiger partial charge in [0.25, 0.3) is 0 Å². The van der Waals surface area contributed by atoms with Crippen molar-refractivity contribution in [3.63, 3.8) is 0 Å². The molecule has 0 aromatic heterocycles. The summed E-state index contributed by atoms with van der Waals surface area (Å²) in [6, 6.07) is 0. The lowest BCUT2D eigenvalue weighted by atomic mass is 9.62. The number of methoxy groups -OCH3 is 1. The molecule has 0 aromatic carbocycles. The van der Waals surface area contributed by atoms with E-state index < -0.39 is 11.0 Å². The van der Waals surface area contributed by atoms with Gasteiger partial charge in [-0.25, -0.2) is 0 Å². The summed E-state index contributed by atoms with van der Waals surface area (Å²) in [4.78, 5) is 22.9. The number of aliphatic hydroxyl groups is 1. The van der Waals surface area contributed by atoms with Crippen molar-refractivity contribution in [1.29, 1.82) is 0 Å². The second-order valence-electron chi connectivity index (χ2n) is 6.64. The third-order valence-corrected chi connectivity index (χ3v) is 4.51. The van der Waals surface area contributed by atoms with Crippen LogP contribution in [0, 0.1) is 11.3 Å². The highest BCUT2D eigenvalue weighted by molar-refractivity contribution is 5.92. The maximum absolute atomic E-state index is 11.7. The molecule has 0 fully saturated rings. The van der Waals surface area contributed by atoms with Gasteiger partial charge in [-0.05, 0) is 37.3 Å². The van der Waals surface area contributed by atoms with Gasteiger partial charge in [0.05, 0.1) is 12.7 Å². The van der Waals surface area contributed by atoms with Crippen LogP contribution in [-0.2, 0) is 14.3 Å². The van der Waals surface area contributed by atoms with E-state index in [1.807, 2.05) is 27.7 Å². The normalized spacial score (nSPS) is 26.9. The Balaban J connectivity index is 2.76. The molecule has 0 aliphatic heterocycles. The second-order valence-corrected chi connectivity index (χ2v) is 6.64. The van der Waals surface area contributed by atoms with Gasteiger partial charge in [0.2, 0.25) is 0 Å². The summed E-state index contributed by atoms with van der Waals surface area (Å²) >= 11 is 0. The molecule has 1 N–H and O–H groups in total. The molecule has 0 spiro atoms. The molecule has 0 amide bonds. The van der Waals surface area contributed by atoms with Crippen molar-refractivity contribution in [2.45, 2.75) is 59.0 Å². The lowest BCUT2D eigenvalue weighted by Crippen LogP contribution is -2.49. The van der Waals surface area contributed by atoms with Crippen LogP contribution in [0.5, 0.6) is 0 Å². The minimum absolute atomic E-state index is 0.0692. The van der Waals surface area contributed by atoms with E-state index in [1.54, 1.807) is 6.08 Å². The molecule has 2 atom stereocenters. The van der Waals surface area contributed by atoms with Crippen LogP contribution in [0.3, 0.4) is 0 Å². The Morgan fingerprint density at radius 3 is 2.60 bits per heavy atom. The summed E-state index contributed by atoms with van der Waals surface area (Å²) in [6.45, 7) is 7.63. The van der Waals surface area contributed by atoms with Crippen LogP contribution in [0.2, 0.25) is 0 Å². The standard InChI is InChI=1S/C16H26O4/c1-11(8-14(18)20-5)6-7-16(19)12(2)9-13(17)10-15(16,3)4/h9,11,19H,6-8,10H2,1-5H3/t11?,16-/m1/s1. The monoisotopic (exact) mass is 282 g/mol. The Labute approximate surface area is 121 Å². The van der Waals surface area contributed by atoms with Gasteiger partial charge in [0.15, 0.2) is 5.78 Å². The largest absolute Gasteiger partial charge is 0.469 e. The zero-order valence-electron chi connectivity index (χ0n) is 13.2. The molecule has 1 aliphatic rings. The van der Waals surface area contributed by atoms with Crippen LogP contribution < -0.4 is 0 Å². The highest BCUT2D eigenvalue weighted by Crippen LogP contribution is 2.46. The van der Waals surface area contributed by atoms with E-state index in [9.17, 15) is 14.7 Å². The zero-order chi connectivity index (χ0) is 15.6. The fourth-order valence-electron chi connectivity index (χ4n) is 2.99. The van der Waals surface area contributed by atoms with E-state index in [0.29, 0.717) is 25.7 Å². The maximum atomic E-state index is 11.7. The first kappa shape index (κ1) is 16.9. The molecule has 114 valence electrons. The van der Waals surface area contributed by atoms with Gasteiger partial charge >= 0.3 is 5.97 Å². The summed E-state index contributed by atoms with van der Waals surface area (Å²) in [5.74, 6) is -0.0117. The van der Waals surface area contributed by atoms with Gasteiger partial charge in [-0.2, -0.15) is 0 Å². The average Bonchev–Trinajstić information content (AvgIpc) is 2.32. The number of rotatable bonds is 5. The maximum Gasteiger partial charge on any atom is 0.305 e. The van der Waals surface area contributed by atoms with Crippen LogP contribution in [-0.4, -0.2) is 29.6 Å². The minimum atomic E-state index is -0.981. The lowest BCUT2D eigenvalue weighted by molar-refractivity contribution is -0.141. The van der Waals surface area contributed by atoms with E-state index in [-0.39, 0.29) is 17.7 Å². The molecule has 1 unspecified atom stereocenters. The van der Waals surface area contributed by atoms with Crippen LogP contribution in [0.4, 0.5) is 0 Å². The van der Waals surface area contributed by atoms with Crippen LogP contribution in [0.25, 0.3) is 0 Å². The van der Waals surface area contributed by atoms with Crippen LogP contribution in [0.1, 0.15) is 53.4 Å². The highest BCUT2D eigenvalue weighted by atomic mass is 16.5. The van der Waals surface area contributed by atoms with Gasteiger partial charge in [0, 0.05) is 18.3 Å². The predicted molar refractivity (Wildman–Crippen MR) is 77.1 cm³/mol. The summed E-state index contributed by atoms with van der Waals surface area (Å²) in [5, 5.41) is 11.0. The number of hydrogen-bond acceptors (Lipinski definition) is 4. The van der Waals surface area contributed by atoms with Crippen molar-refractivity contribution < 1.29 is 19.4 Å². The van der Waals surface area contributed by atoms with E-state index in [0.717, 1.165) is 5.57 Å². The Hall–Kier alpha value is -1.16. The number of ether oxygens (including phenoxy) is 1. The Morgan fingerprint density at radius 1 is 1.50 bits per heavy atom. The van der Waals surface area contributed by atoms with Gasteiger partial charge in [-0.3, -0.25) is 9.59 Å². The molecule has 4 nitrogen and oxygen atoms in total. The van der Waals surface area contributed by atoms with Crippen molar-refractivity contribution in [2.75, 3.05) is 7.11 Å². The molecular weight excluding hydrogens is 256 g/mol. The SMILES string of the molecule is COC(=O)CC(C)CC[C@@]1(O)C(C)=CC(=O)CC1(C)C. The number of hydrogen-bond donors (Lipinski definition) is 1. The third-order valence-electron chi connectivity index (χ3n) is 4.51. The van der Waals surface area contributed by atoms with Gasteiger partial charge in [0.1, 0.15) is 0 Å². The average molecular weight is 282 g/mol. The molecule has 20 heavy (non-hydrogen) atoms. The molecule has 0 bridgehead atoms. The topological polar surface area (TPSA) is 63.6 Å². The van der Waals surface area contributed by atoms with E-state index in [4.69, 9.17) is 0 Å². The number of allylic oxidation sites excluding steroid dienone is 1. The van der Waals surface area contributed by atoms with Crippen molar-refractivity contribution in [3.05, 3.63) is 11.6 Å². The van der Waals surface area contributed by atoms with E-state index in [1.165, 1.54) is 7.11 Å². The molecule has 0 aromatic rings. The first-order valence-corrected chi connectivity index (χ1v) is 7.13. The quantitative estimate of drug-likeness (QED) is 0.787. The number of esters is 1. The molecule has 0 heterocycles. The van der Waals surface area contributed by atoms with Crippen LogP contribution >= 0.6 is 0 Å². The minimum Gasteiger partial charge on any atom is -0.469 e. The smallest absolute Gasteiger partial charge is 0.305 e. The van der Waals surface area contributed by atoms with Gasteiger partial charge in [-0.15, -0.1) is 0 Å². The molecular formula is C16H26O4. The Bertz CT molecular complexity index is 422. The van der Waals surface area contributed by atoms with Gasteiger partial charge in [-0.1, -0.05) is 20.8 Å². The molecule has 1 rings (SSSR count). The van der Waals surface area contributed by atoms with Crippen molar-refractivity contribution in [2.24, 2.45) is 11.3 Å². The number of carbonyl (C=O) groups excluding carboxylic acids is 2. The number of carbonyl (C=O) groups is 2. The summed E-state index contributed by atoms with van der Waals surface area (Å²) < 4.78 is 4.66. The molecule has 0 radical (unpaired) electrons. The number of ketones is 1. The first-order valence-electron chi connectivity index (χ1n) is 7.13. The predicted octanol–water partition coefficient (Wildman–Crippen LogP) is 2.64. The highest BCUT2D eigenvalue weighted by Gasteiger charge is 2.48. The zero-order valence-corrected chi connectivity index (χ0v) is 13.2. The van der Waals surface area contributed by atoms with Crippen molar-refractivity contribution in [3.8, 4) is 0 Å². The molecule has 1 aliphatic carbocycles. The fraction of sp³-hybridized carbons (Fsp3) is 0.750. The Kier molecular flexibility index (Phi) is 5.14. The fourth-order valence-corrected chi connectivity index (χ4v) is 2.99. The molecule has 4 heteroatoms. The van der Waals surface area contributed by atoms with Crippen LogP contribution in [0.15, 0.2) is 11.6 Å². The van der Waals surface area contributed by atoms with E-state index >= 15 is 0 Å². The summed E-state index contributed by atoms with van der Waals surface area (Å²) in [7, 11) is 1.38. The molecule has 0 saturated heterocycles. The third kappa shape index (κ3) is 3.48. The van der Waals surface area contributed by atoms with E-state index in [2.05, 4.69) is 4.74 Å². The molecule has 0 saturated carbocycles. The summed E-state index contributed by atoms with van der Waals surface area (Å²) in [5.41, 5.74) is -0.733. The van der Waals surface area contributed by atoms with Crippen molar-refractivity contribution in [1.82, 2.24) is 0 Å². The first-order chi connectivity index (χ1) is 9.12. The summed E-state index contributed by atoms with van der Waals surface area (Å²) in [6.07, 6.45) is 3.53.